The van der Waals surface area contributed by atoms with Crippen molar-refractivity contribution in [1.29, 1.82) is 0 Å². The Labute approximate surface area is 174 Å². The van der Waals surface area contributed by atoms with Crippen LogP contribution in [0.3, 0.4) is 0 Å². The minimum Gasteiger partial charge on any atom is -0.358 e. The molecule has 0 aromatic carbocycles. The number of pyridine rings is 1. The van der Waals surface area contributed by atoms with Crippen LogP contribution in [0, 0.1) is 10.1 Å². The summed E-state index contributed by atoms with van der Waals surface area (Å²) < 4.78 is 3.73. The second-order valence-corrected chi connectivity index (χ2v) is 7.83. The Kier molecular flexibility index (Phi) is 7.28. The van der Waals surface area contributed by atoms with Crippen LogP contribution in [-0.2, 0) is 0 Å². The van der Waals surface area contributed by atoms with Crippen molar-refractivity contribution in [2.24, 2.45) is 0 Å². The Morgan fingerprint density at radius 2 is 1.76 bits per heavy atom. The van der Waals surface area contributed by atoms with Crippen molar-refractivity contribution in [2.75, 3.05) is 0 Å². The maximum atomic E-state index is 10.4. The summed E-state index contributed by atoms with van der Waals surface area (Å²) in [6.07, 6.45) is 5.44. The molecule has 0 radical (unpaired) electrons. The van der Waals surface area contributed by atoms with E-state index in [-0.39, 0.29) is 24.2 Å². The molecule has 7 nitrogen and oxygen atoms in total. The highest BCUT2D eigenvalue weighted by Crippen LogP contribution is 2.30. The Balaban J connectivity index is 0.000000219. The molecular formula is C21H27N5O2S. The predicted octanol–water partition coefficient (Wildman–Crippen LogP) is 6.35. The molecule has 4 aromatic rings. The number of nitrogens with zero attached hydrogens (tertiary/aromatic N) is 5. The molecule has 4 rings (SSSR count). The van der Waals surface area contributed by atoms with Crippen LogP contribution in [0.15, 0.2) is 54.4 Å². The maximum absolute atomic E-state index is 10.4. The summed E-state index contributed by atoms with van der Waals surface area (Å²) in [5.41, 5.74) is 3.12. The summed E-state index contributed by atoms with van der Waals surface area (Å²) in [7, 11) is 0. The van der Waals surface area contributed by atoms with E-state index in [1.165, 1.54) is 16.5 Å². The van der Waals surface area contributed by atoms with Gasteiger partial charge in [-0.3, -0.25) is 0 Å². The molecule has 0 amide bonds. The first-order valence-corrected chi connectivity index (χ1v) is 9.94. The second-order valence-electron chi connectivity index (χ2n) is 6.88. The number of fused-ring (bicyclic) bond motifs is 1. The van der Waals surface area contributed by atoms with Crippen LogP contribution in [0.25, 0.3) is 21.6 Å². The summed E-state index contributed by atoms with van der Waals surface area (Å²) in [5.74, 6) is 0.153. The smallest absolute Gasteiger partial charge is 0.323 e. The highest BCUT2D eigenvalue weighted by Gasteiger charge is 2.13. The summed E-state index contributed by atoms with van der Waals surface area (Å²) in [6.45, 7) is 8.10. The minimum absolute atomic E-state index is 0. The van der Waals surface area contributed by atoms with Gasteiger partial charge in [-0.1, -0.05) is 13.5 Å². The molecule has 0 aliphatic carbocycles. The standard InChI is InChI=1S/C13H13N3S.C7H10N2O2.CH4/c1-9(2)16-8-15-12-10(5-6-14-13(12)16)11-4-3-7-17-11;1-6(2)8-5-3-4-7(8)9(10)11;/h3-9H,1-2H3;3-6H,1-2H3;1H4. The zero-order valence-electron chi connectivity index (χ0n) is 16.3. The lowest BCUT2D eigenvalue weighted by Gasteiger charge is -2.07. The zero-order valence-corrected chi connectivity index (χ0v) is 17.1. The first-order chi connectivity index (χ1) is 13.4. The van der Waals surface area contributed by atoms with E-state index in [1.807, 2.05) is 32.4 Å². The number of hydrogen-bond acceptors (Lipinski definition) is 5. The van der Waals surface area contributed by atoms with Crippen molar-refractivity contribution < 1.29 is 4.92 Å². The monoisotopic (exact) mass is 413 g/mol. The first-order valence-electron chi connectivity index (χ1n) is 9.06. The molecule has 0 fully saturated rings. The molecule has 0 atom stereocenters. The van der Waals surface area contributed by atoms with Gasteiger partial charge < -0.3 is 14.7 Å². The van der Waals surface area contributed by atoms with Crippen molar-refractivity contribution in [1.82, 2.24) is 19.1 Å². The number of nitro groups is 1. The van der Waals surface area contributed by atoms with E-state index in [0.29, 0.717) is 6.04 Å². The normalized spacial score (nSPS) is 10.7. The van der Waals surface area contributed by atoms with E-state index in [4.69, 9.17) is 0 Å². The lowest BCUT2D eigenvalue weighted by molar-refractivity contribution is -0.392. The van der Waals surface area contributed by atoms with Gasteiger partial charge in [0.2, 0.25) is 0 Å². The third kappa shape index (κ3) is 4.71. The quantitative estimate of drug-likeness (QED) is 0.288. The van der Waals surface area contributed by atoms with Gasteiger partial charge in [0, 0.05) is 28.7 Å². The molecule has 4 aromatic heterocycles. The average molecular weight is 414 g/mol. The van der Waals surface area contributed by atoms with E-state index >= 15 is 0 Å². The predicted molar refractivity (Wildman–Crippen MR) is 119 cm³/mol. The topological polar surface area (TPSA) is 78.8 Å². The van der Waals surface area contributed by atoms with Crippen LogP contribution in [0.1, 0.15) is 47.2 Å². The molecule has 4 heterocycles. The Bertz CT molecular complexity index is 1060. The molecule has 0 saturated heterocycles. The van der Waals surface area contributed by atoms with Crippen molar-refractivity contribution in [3.8, 4) is 10.4 Å². The van der Waals surface area contributed by atoms with Gasteiger partial charge in [-0.2, -0.15) is 0 Å². The average Bonchev–Trinajstić information content (AvgIpc) is 3.40. The molecule has 0 saturated carbocycles. The number of aromatic nitrogens is 4. The van der Waals surface area contributed by atoms with Crippen LogP contribution in [0.2, 0.25) is 0 Å². The zero-order chi connectivity index (χ0) is 20.3. The molecule has 0 aliphatic rings. The molecule has 0 aliphatic heterocycles. The fourth-order valence-corrected chi connectivity index (χ4v) is 3.67. The van der Waals surface area contributed by atoms with Gasteiger partial charge in [0.15, 0.2) is 5.65 Å². The first kappa shape index (κ1) is 22.3. The van der Waals surface area contributed by atoms with Gasteiger partial charge in [0.1, 0.15) is 5.52 Å². The fourth-order valence-electron chi connectivity index (χ4n) is 2.92. The molecule has 8 heteroatoms. The third-order valence-electron chi connectivity index (χ3n) is 4.30. The summed E-state index contributed by atoms with van der Waals surface area (Å²) in [5, 5.41) is 12.5. The van der Waals surface area contributed by atoms with Crippen molar-refractivity contribution in [3.63, 3.8) is 0 Å². The molecule has 154 valence electrons. The summed E-state index contributed by atoms with van der Waals surface area (Å²) in [4.78, 5) is 20.2. The van der Waals surface area contributed by atoms with Crippen LogP contribution in [0.4, 0.5) is 5.82 Å². The number of rotatable bonds is 4. The number of thiophene rings is 1. The van der Waals surface area contributed by atoms with Gasteiger partial charge in [-0.15, -0.1) is 11.3 Å². The van der Waals surface area contributed by atoms with Gasteiger partial charge >= 0.3 is 5.82 Å². The van der Waals surface area contributed by atoms with Crippen LogP contribution >= 0.6 is 11.3 Å². The lowest BCUT2D eigenvalue weighted by atomic mass is 10.2. The largest absolute Gasteiger partial charge is 0.358 e. The van der Waals surface area contributed by atoms with Gasteiger partial charge in [-0.05, 0) is 56.2 Å². The number of imidazole rings is 1. The van der Waals surface area contributed by atoms with Gasteiger partial charge in [0.05, 0.1) is 18.6 Å². The highest BCUT2D eigenvalue weighted by atomic mass is 32.1. The lowest BCUT2D eigenvalue weighted by Crippen LogP contribution is -2.03. The van der Waals surface area contributed by atoms with Crippen molar-refractivity contribution in [2.45, 2.75) is 47.2 Å². The fraction of sp³-hybridized carbons (Fsp3) is 0.333. The summed E-state index contributed by atoms with van der Waals surface area (Å²) >= 11 is 1.73. The van der Waals surface area contributed by atoms with Crippen LogP contribution in [0.5, 0.6) is 0 Å². The molecular weight excluding hydrogens is 386 g/mol. The van der Waals surface area contributed by atoms with E-state index in [9.17, 15) is 10.1 Å². The Morgan fingerprint density at radius 1 is 1.03 bits per heavy atom. The van der Waals surface area contributed by atoms with E-state index in [2.05, 4.69) is 45.9 Å². The second kappa shape index (κ2) is 9.47. The van der Waals surface area contributed by atoms with Crippen LogP contribution < -0.4 is 0 Å². The molecule has 0 bridgehead atoms. The van der Waals surface area contributed by atoms with E-state index in [1.54, 1.807) is 28.2 Å². The van der Waals surface area contributed by atoms with E-state index in [0.717, 1.165) is 11.2 Å². The molecule has 0 spiro atoms. The number of hydrogen-bond donors (Lipinski definition) is 0. The van der Waals surface area contributed by atoms with Gasteiger partial charge in [0.25, 0.3) is 0 Å². The summed E-state index contributed by atoms with van der Waals surface area (Å²) in [6, 6.07) is 9.92. The molecule has 0 N–H and O–H groups in total. The Hall–Kier alpha value is -3.00. The van der Waals surface area contributed by atoms with E-state index < -0.39 is 0 Å². The minimum atomic E-state index is -0.375. The van der Waals surface area contributed by atoms with Crippen LogP contribution in [-0.4, -0.2) is 24.0 Å². The third-order valence-corrected chi connectivity index (χ3v) is 5.21. The molecule has 0 unspecified atom stereocenters. The van der Waals surface area contributed by atoms with Crippen molar-refractivity contribution >= 4 is 28.3 Å². The molecule has 29 heavy (non-hydrogen) atoms. The highest BCUT2D eigenvalue weighted by molar-refractivity contribution is 7.13. The SMILES string of the molecule is C.CC(C)n1cccc1[N+](=O)[O-].CC(C)n1cnc2c(-c3cccs3)ccnc21. The Morgan fingerprint density at radius 3 is 2.31 bits per heavy atom. The van der Waals surface area contributed by atoms with Gasteiger partial charge in [-0.25, -0.2) is 14.5 Å². The maximum Gasteiger partial charge on any atom is 0.323 e. The van der Waals surface area contributed by atoms with Crippen molar-refractivity contribution in [3.05, 3.63) is 64.5 Å².